The number of aromatic hydroxyl groups is 1. The molecule has 0 atom stereocenters. The van der Waals surface area contributed by atoms with Gasteiger partial charge in [-0.25, -0.2) is 4.79 Å². The zero-order chi connectivity index (χ0) is 23.7. The molecule has 5 rings (SSSR count). The van der Waals surface area contributed by atoms with E-state index in [-0.39, 0.29) is 11.3 Å². The molecule has 0 amide bonds. The van der Waals surface area contributed by atoms with Gasteiger partial charge in [0.25, 0.3) is 0 Å². The molecular weight excluding hydrogens is 426 g/mol. The molecule has 168 valence electrons. The Kier molecular flexibility index (Phi) is 5.52. The fraction of sp³-hybridized carbons (Fsp3) is 0.0690. The molecule has 34 heavy (non-hydrogen) atoms. The molecule has 5 heteroatoms. The maximum atomic E-state index is 12.5. The van der Waals surface area contributed by atoms with Crippen LogP contribution in [-0.4, -0.2) is 18.2 Å². The lowest BCUT2D eigenvalue weighted by molar-refractivity contribution is 0.0597. The van der Waals surface area contributed by atoms with E-state index in [9.17, 15) is 9.90 Å². The SMILES string of the molecule is COC(=O)c1cc2ccccc2c(-c2c(N)c(OCc3ccccc3)cc3ccccc23)c1O. The van der Waals surface area contributed by atoms with Crippen LogP contribution in [0, 0.1) is 0 Å². The van der Waals surface area contributed by atoms with Gasteiger partial charge in [-0.15, -0.1) is 0 Å². The van der Waals surface area contributed by atoms with Crippen molar-refractivity contribution in [3.63, 3.8) is 0 Å². The van der Waals surface area contributed by atoms with Gasteiger partial charge in [-0.3, -0.25) is 0 Å². The summed E-state index contributed by atoms with van der Waals surface area (Å²) in [5.74, 6) is -0.295. The Bertz CT molecular complexity index is 1530. The van der Waals surface area contributed by atoms with E-state index in [0.717, 1.165) is 27.1 Å². The van der Waals surface area contributed by atoms with Crippen LogP contribution in [0.25, 0.3) is 32.7 Å². The van der Waals surface area contributed by atoms with Crippen molar-refractivity contribution in [3.05, 3.63) is 102 Å². The number of phenols is 1. The number of phenolic OH excluding ortho intramolecular Hbond substituents is 1. The smallest absolute Gasteiger partial charge is 0.341 e. The summed E-state index contributed by atoms with van der Waals surface area (Å²) in [6.45, 7) is 0.345. The first-order valence-corrected chi connectivity index (χ1v) is 10.9. The largest absolute Gasteiger partial charge is 0.506 e. The van der Waals surface area contributed by atoms with E-state index in [4.69, 9.17) is 15.2 Å². The Hall–Kier alpha value is -4.51. The van der Waals surface area contributed by atoms with Gasteiger partial charge >= 0.3 is 5.97 Å². The van der Waals surface area contributed by atoms with E-state index in [1.807, 2.05) is 84.9 Å². The van der Waals surface area contributed by atoms with Crippen molar-refractivity contribution in [3.8, 4) is 22.6 Å². The minimum Gasteiger partial charge on any atom is -0.506 e. The number of carbonyl (C=O) groups excluding carboxylic acids is 1. The van der Waals surface area contributed by atoms with Gasteiger partial charge in [0.15, 0.2) is 0 Å². The number of benzene rings is 5. The van der Waals surface area contributed by atoms with Crippen molar-refractivity contribution in [2.45, 2.75) is 6.61 Å². The van der Waals surface area contributed by atoms with Crippen LogP contribution in [0.2, 0.25) is 0 Å². The van der Waals surface area contributed by atoms with Gasteiger partial charge in [-0.05, 0) is 39.2 Å². The van der Waals surface area contributed by atoms with E-state index in [1.165, 1.54) is 7.11 Å². The Morgan fingerprint density at radius 1 is 0.824 bits per heavy atom. The molecule has 0 spiro atoms. The third kappa shape index (κ3) is 3.67. The third-order valence-electron chi connectivity index (χ3n) is 5.97. The Labute approximate surface area is 197 Å². The Balaban J connectivity index is 1.79. The predicted molar refractivity (Wildman–Crippen MR) is 135 cm³/mol. The fourth-order valence-corrected chi connectivity index (χ4v) is 4.32. The standard InChI is InChI=1S/C29H23NO4/c1-33-29(32)23-15-19-11-5-8-14-22(19)26(28(23)31)25-21-13-7-6-12-20(21)16-24(27(25)30)34-17-18-9-3-2-4-10-18/h2-16,31H,17,30H2,1H3. The lowest BCUT2D eigenvalue weighted by atomic mass is 9.89. The number of rotatable bonds is 5. The first-order valence-electron chi connectivity index (χ1n) is 10.9. The summed E-state index contributed by atoms with van der Waals surface area (Å²) in [5, 5.41) is 14.6. The zero-order valence-electron chi connectivity index (χ0n) is 18.6. The maximum Gasteiger partial charge on any atom is 0.341 e. The highest BCUT2D eigenvalue weighted by Crippen LogP contribution is 2.48. The van der Waals surface area contributed by atoms with E-state index in [1.54, 1.807) is 6.07 Å². The average Bonchev–Trinajstić information content (AvgIpc) is 2.88. The van der Waals surface area contributed by atoms with Gasteiger partial charge in [0.1, 0.15) is 23.7 Å². The molecule has 0 radical (unpaired) electrons. The van der Waals surface area contributed by atoms with Gasteiger partial charge in [0.2, 0.25) is 0 Å². The van der Waals surface area contributed by atoms with Crippen molar-refractivity contribution in [1.82, 2.24) is 0 Å². The summed E-state index contributed by atoms with van der Waals surface area (Å²) in [5.41, 5.74) is 9.27. The highest BCUT2D eigenvalue weighted by atomic mass is 16.5. The lowest BCUT2D eigenvalue weighted by Gasteiger charge is -2.19. The first-order chi connectivity index (χ1) is 16.6. The minimum atomic E-state index is -0.621. The van der Waals surface area contributed by atoms with Gasteiger partial charge in [-0.2, -0.15) is 0 Å². The van der Waals surface area contributed by atoms with Crippen molar-refractivity contribution < 1.29 is 19.4 Å². The number of nitrogen functional groups attached to an aromatic ring is 1. The normalized spacial score (nSPS) is 11.0. The minimum absolute atomic E-state index is 0.0790. The molecule has 0 saturated carbocycles. The summed E-state index contributed by atoms with van der Waals surface area (Å²) in [6, 6.07) is 28.7. The fourth-order valence-electron chi connectivity index (χ4n) is 4.32. The molecule has 5 nitrogen and oxygen atoms in total. The van der Waals surface area contributed by atoms with Crippen LogP contribution >= 0.6 is 0 Å². The molecule has 0 aromatic heterocycles. The summed E-state index contributed by atoms with van der Waals surface area (Å²) in [6.07, 6.45) is 0. The van der Waals surface area contributed by atoms with Crippen LogP contribution in [0.15, 0.2) is 91.0 Å². The summed E-state index contributed by atoms with van der Waals surface area (Å²) >= 11 is 0. The van der Waals surface area contributed by atoms with Crippen molar-refractivity contribution in [2.75, 3.05) is 12.8 Å². The van der Waals surface area contributed by atoms with Crippen LogP contribution in [0.4, 0.5) is 5.69 Å². The average molecular weight is 450 g/mol. The number of anilines is 1. The number of esters is 1. The molecule has 0 bridgehead atoms. The van der Waals surface area contributed by atoms with E-state index in [2.05, 4.69) is 0 Å². The van der Waals surface area contributed by atoms with Crippen LogP contribution in [-0.2, 0) is 11.3 Å². The van der Waals surface area contributed by atoms with Crippen LogP contribution in [0.3, 0.4) is 0 Å². The number of nitrogens with two attached hydrogens (primary N) is 1. The van der Waals surface area contributed by atoms with Gasteiger partial charge in [0, 0.05) is 11.1 Å². The monoisotopic (exact) mass is 449 g/mol. The second-order valence-corrected chi connectivity index (χ2v) is 8.02. The maximum absolute atomic E-state index is 12.5. The van der Waals surface area contributed by atoms with Crippen LogP contribution in [0.1, 0.15) is 15.9 Å². The second-order valence-electron chi connectivity index (χ2n) is 8.02. The number of hydrogen-bond acceptors (Lipinski definition) is 5. The van der Waals surface area contributed by atoms with Crippen LogP contribution < -0.4 is 10.5 Å². The van der Waals surface area contributed by atoms with E-state index in [0.29, 0.717) is 29.2 Å². The lowest BCUT2D eigenvalue weighted by Crippen LogP contribution is -2.04. The molecule has 3 N–H and O–H groups in total. The van der Waals surface area contributed by atoms with Crippen molar-refractivity contribution >= 4 is 33.2 Å². The number of hydrogen-bond donors (Lipinski definition) is 2. The number of ether oxygens (including phenoxy) is 2. The molecule has 0 aliphatic rings. The number of methoxy groups -OCH3 is 1. The Morgan fingerprint density at radius 2 is 1.41 bits per heavy atom. The first kappa shape index (κ1) is 21.3. The molecule has 0 aliphatic heterocycles. The second kappa shape index (κ2) is 8.79. The summed E-state index contributed by atoms with van der Waals surface area (Å²) in [4.78, 5) is 12.5. The zero-order valence-corrected chi connectivity index (χ0v) is 18.6. The molecular formula is C29H23NO4. The third-order valence-corrected chi connectivity index (χ3v) is 5.97. The molecule has 0 heterocycles. The number of fused-ring (bicyclic) bond motifs is 2. The molecule has 0 aliphatic carbocycles. The Morgan fingerprint density at radius 3 is 2.09 bits per heavy atom. The predicted octanol–water partition coefficient (Wildman–Crippen LogP) is 6.31. The van der Waals surface area contributed by atoms with Crippen molar-refractivity contribution in [2.24, 2.45) is 0 Å². The molecule has 0 saturated heterocycles. The summed E-state index contributed by atoms with van der Waals surface area (Å²) < 4.78 is 11.1. The van der Waals surface area contributed by atoms with E-state index < -0.39 is 5.97 Å². The van der Waals surface area contributed by atoms with Gasteiger partial charge in [-0.1, -0.05) is 78.9 Å². The molecule has 0 fully saturated rings. The summed E-state index contributed by atoms with van der Waals surface area (Å²) in [7, 11) is 1.29. The molecule has 0 unspecified atom stereocenters. The highest BCUT2D eigenvalue weighted by Gasteiger charge is 2.24. The van der Waals surface area contributed by atoms with E-state index >= 15 is 0 Å². The van der Waals surface area contributed by atoms with Gasteiger partial charge in [0.05, 0.1) is 12.8 Å². The molecule has 5 aromatic carbocycles. The topological polar surface area (TPSA) is 81.8 Å². The highest BCUT2D eigenvalue weighted by molar-refractivity contribution is 6.15. The van der Waals surface area contributed by atoms with Gasteiger partial charge < -0.3 is 20.3 Å². The molecule has 5 aromatic rings. The quantitative estimate of drug-likeness (QED) is 0.243. The number of carbonyl (C=O) groups is 1. The van der Waals surface area contributed by atoms with Crippen LogP contribution in [0.5, 0.6) is 11.5 Å². The van der Waals surface area contributed by atoms with Crippen molar-refractivity contribution in [1.29, 1.82) is 0 Å².